The summed E-state index contributed by atoms with van der Waals surface area (Å²) in [4.78, 5) is 0.389. The molecule has 1 fully saturated rings. The lowest BCUT2D eigenvalue weighted by atomic mass is 10.1. The van der Waals surface area contributed by atoms with Gasteiger partial charge in [-0.2, -0.15) is 4.31 Å². The van der Waals surface area contributed by atoms with Crippen LogP contribution in [0, 0.1) is 19.8 Å². The monoisotopic (exact) mass is 282 g/mol. The largest absolute Gasteiger partial charge is 0.330 e. The fraction of sp³-hybridized carbons (Fsp3) is 0.571. The fourth-order valence-electron chi connectivity index (χ4n) is 2.62. The number of nitrogens with zero attached hydrogens (tertiary/aromatic N) is 1. The van der Waals surface area contributed by atoms with E-state index in [0.29, 0.717) is 18.0 Å². The Morgan fingerprint density at radius 1 is 1.32 bits per heavy atom. The van der Waals surface area contributed by atoms with Gasteiger partial charge in [-0.3, -0.25) is 0 Å². The topological polar surface area (TPSA) is 63.4 Å². The van der Waals surface area contributed by atoms with Gasteiger partial charge in [0, 0.05) is 12.6 Å². The number of rotatable bonds is 3. The summed E-state index contributed by atoms with van der Waals surface area (Å²) < 4.78 is 26.9. The van der Waals surface area contributed by atoms with Gasteiger partial charge in [0.15, 0.2) is 0 Å². The zero-order valence-electron chi connectivity index (χ0n) is 11.8. The molecule has 0 bridgehead atoms. The van der Waals surface area contributed by atoms with Crippen molar-refractivity contribution < 1.29 is 8.42 Å². The molecule has 19 heavy (non-hydrogen) atoms. The Bertz CT molecular complexity index is 569. The first-order valence-corrected chi connectivity index (χ1v) is 8.09. The average Bonchev–Trinajstić information content (AvgIpc) is 2.74. The second kappa shape index (κ2) is 5.23. The maximum Gasteiger partial charge on any atom is 0.243 e. The number of aryl methyl sites for hydroxylation is 2. The van der Waals surface area contributed by atoms with E-state index in [9.17, 15) is 8.42 Å². The van der Waals surface area contributed by atoms with Gasteiger partial charge in [0.1, 0.15) is 0 Å². The lowest BCUT2D eigenvalue weighted by Crippen LogP contribution is -2.34. The van der Waals surface area contributed by atoms with E-state index in [1.54, 1.807) is 16.4 Å². The van der Waals surface area contributed by atoms with Crippen LogP contribution in [0.3, 0.4) is 0 Å². The number of hydrogen-bond acceptors (Lipinski definition) is 3. The Kier molecular flexibility index (Phi) is 3.99. The molecule has 2 atom stereocenters. The minimum absolute atomic E-state index is 0.0279. The Balaban J connectivity index is 2.34. The van der Waals surface area contributed by atoms with Gasteiger partial charge in [-0.15, -0.1) is 0 Å². The third-order valence-electron chi connectivity index (χ3n) is 4.02. The van der Waals surface area contributed by atoms with Crippen LogP contribution in [0.2, 0.25) is 0 Å². The van der Waals surface area contributed by atoms with Crippen LogP contribution in [-0.4, -0.2) is 31.9 Å². The molecule has 2 unspecified atom stereocenters. The van der Waals surface area contributed by atoms with Crippen molar-refractivity contribution in [1.29, 1.82) is 0 Å². The van der Waals surface area contributed by atoms with Gasteiger partial charge in [0.25, 0.3) is 0 Å². The van der Waals surface area contributed by atoms with Crippen molar-refractivity contribution in [3.8, 4) is 0 Å². The van der Waals surface area contributed by atoms with E-state index >= 15 is 0 Å². The van der Waals surface area contributed by atoms with E-state index in [-0.39, 0.29) is 12.0 Å². The quantitative estimate of drug-likeness (QED) is 0.917. The highest BCUT2D eigenvalue weighted by molar-refractivity contribution is 7.89. The van der Waals surface area contributed by atoms with E-state index in [4.69, 9.17) is 5.73 Å². The van der Waals surface area contributed by atoms with Gasteiger partial charge in [-0.1, -0.05) is 6.07 Å². The molecule has 0 aliphatic carbocycles. The average molecular weight is 282 g/mol. The third-order valence-corrected chi connectivity index (χ3v) is 6.00. The van der Waals surface area contributed by atoms with Crippen LogP contribution in [-0.2, 0) is 10.0 Å². The third kappa shape index (κ3) is 2.68. The lowest BCUT2D eigenvalue weighted by molar-refractivity contribution is 0.404. The molecule has 5 heteroatoms. The minimum Gasteiger partial charge on any atom is -0.330 e. The second-order valence-electron chi connectivity index (χ2n) is 5.51. The normalized spacial score (nSPS) is 24.8. The van der Waals surface area contributed by atoms with Gasteiger partial charge in [0.2, 0.25) is 10.0 Å². The summed E-state index contributed by atoms with van der Waals surface area (Å²) >= 11 is 0. The van der Waals surface area contributed by atoms with Crippen molar-refractivity contribution in [2.24, 2.45) is 11.7 Å². The molecule has 1 aromatic carbocycles. The predicted octanol–water partition coefficient (Wildman–Crippen LogP) is 1.66. The van der Waals surface area contributed by atoms with E-state index in [2.05, 4.69) is 0 Å². The zero-order chi connectivity index (χ0) is 14.2. The van der Waals surface area contributed by atoms with Crippen LogP contribution in [0.25, 0.3) is 0 Å². The van der Waals surface area contributed by atoms with Crippen LogP contribution in [0.4, 0.5) is 0 Å². The molecule has 2 N–H and O–H groups in total. The summed E-state index contributed by atoms with van der Waals surface area (Å²) in [6, 6.07) is 5.34. The lowest BCUT2D eigenvalue weighted by Gasteiger charge is -2.21. The number of sulfonamides is 1. The van der Waals surface area contributed by atoms with Crippen molar-refractivity contribution in [2.45, 2.75) is 38.1 Å². The number of nitrogens with two attached hydrogens (primary N) is 1. The highest BCUT2D eigenvalue weighted by Crippen LogP contribution is 2.29. The van der Waals surface area contributed by atoms with Crippen molar-refractivity contribution in [1.82, 2.24) is 4.31 Å². The molecule has 0 radical (unpaired) electrons. The van der Waals surface area contributed by atoms with Crippen LogP contribution in [0.5, 0.6) is 0 Å². The summed E-state index contributed by atoms with van der Waals surface area (Å²) in [7, 11) is -3.39. The Morgan fingerprint density at radius 3 is 2.53 bits per heavy atom. The van der Waals surface area contributed by atoms with E-state index in [1.165, 1.54) is 0 Å². The van der Waals surface area contributed by atoms with Crippen LogP contribution in [0.15, 0.2) is 23.1 Å². The van der Waals surface area contributed by atoms with Crippen molar-refractivity contribution in [3.63, 3.8) is 0 Å². The maximum absolute atomic E-state index is 12.7. The summed E-state index contributed by atoms with van der Waals surface area (Å²) in [5.41, 5.74) is 7.77. The molecule has 106 valence electrons. The molecule has 0 spiro atoms. The maximum atomic E-state index is 12.7. The van der Waals surface area contributed by atoms with Crippen molar-refractivity contribution in [3.05, 3.63) is 29.3 Å². The Hall–Kier alpha value is -0.910. The van der Waals surface area contributed by atoms with Crippen LogP contribution in [0.1, 0.15) is 24.5 Å². The summed E-state index contributed by atoms with van der Waals surface area (Å²) in [5.74, 6) is 0.274. The minimum atomic E-state index is -3.39. The molecule has 4 nitrogen and oxygen atoms in total. The molecule has 1 saturated heterocycles. The molecule has 0 aromatic heterocycles. The number of hydrogen-bond donors (Lipinski definition) is 1. The molecule has 1 aliphatic heterocycles. The molecule has 1 heterocycles. The Morgan fingerprint density at radius 2 is 2.00 bits per heavy atom. The first kappa shape index (κ1) is 14.5. The molecule has 1 aliphatic rings. The zero-order valence-corrected chi connectivity index (χ0v) is 12.6. The fourth-order valence-corrected chi connectivity index (χ4v) is 4.43. The molecular weight excluding hydrogens is 260 g/mol. The SMILES string of the molecule is Cc1ccc(S(=O)(=O)N2CC(CN)CC2C)cc1C. The molecule has 1 aromatic rings. The van der Waals surface area contributed by atoms with Gasteiger partial charge in [-0.05, 0) is 62.9 Å². The van der Waals surface area contributed by atoms with Crippen molar-refractivity contribution in [2.75, 3.05) is 13.1 Å². The second-order valence-corrected chi connectivity index (χ2v) is 7.40. The number of benzene rings is 1. The first-order valence-electron chi connectivity index (χ1n) is 6.65. The summed E-state index contributed by atoms with van der Waals surface area (Å²) in [6.07, 6.45) is 0.848. The Labute approximate surface area is 115 Å². The van der Waals surface area contributed by atoms with Gasteiger partial charge < -0.3 is 5.73 Å². The summed E-state index contributed by atoms with van der Waals surface area (Å²) in [6.45, 7) is 6.95. The molecule has 0 saturated carbocycles. The predicted molar refractivity (Wildman–Crippen MR) is 76.4 cm³/mol. The van der Waals surface area contributed by atoms with Crippen LogP contribution < -0.4 is 5.73 Å². The molecule has 2 rings (SSSR count). The smallest absolute Gasteiger partial charge is 0.243 e. The van der Waals surface area contributed by atoms with Gasteiger partial charge in [-0.25, -0.2) is 8.42 Å². The van der Waals surface area contributed by atoms with Crippen LogP contribution >= 0.6 is 0 Å². The van der Waals surface area contributed by atoms with Crippen molar-refractivity contribution >= 4 is 10.0 Å². The van der Waals surface area contributed by atoms with E-state index < -0.39 is 10.0 Å². The van der Waals surface area contributed by atoms with E-state index in [1.807, 2.05) is 26.8 Å². The standard InChI is InChI=1S/C14H22N2O2S/c1-10-4-5-14(6-11(10)2)19(17,18)16-9-13(8-15)7-12(16)3/h4-6,12-13H,7-9,15H2,1-3H3. The first-order chi connectivity index (χ1) is 8.86. The highest BCUT2D eigenvalue weighted by atomic mass is 32.2. The van der Waals surface area contributed by atoms with E-state index in [0.717, 1.165) is 17.5 Å². The van der Waals surface area contributed by atoms with Gasteiger partial charge in [0.05, 0.1) is 4.90 Å². The molecular formula is C14H22N2O2S. The van der Waals surface area contributed by atoms with Gasteiger partial charge >= 0.3 is 0 Å². The highest BCUT2D eigenvalue weighted by Gasteiger charge is 2.37. The summed E-state index contributed by atoms with van der Waals surface area (Å²) in [5, 5.41) is 0. The molecule has 0 amide bonds.